The summed E-state index contributed by atoms with van der Waals surface area (Å²) in [5, 5.41) is 3.82. The van der Waals surface area contributed by atoms with Gasteiger partial charge in [0, 0.05) is 18.0 Å². The zero-order chi connectivity index (χ0) is 24.8. The number of hydrogen-bond acceptors (Lipinski definition) is 6. The number of rotatable bonds is 3. The molecule has 0 N–H and O–H groups in total. The van der Waals surface area contributed by atoms with Crippen LogP contribution in [0.5, 0.6) is 5.75 Å². The first kappa shape index (κ1) is 22.8. The maximum Gasteiger partial charge on any atom is 0.274 e. The lowest BCUT2D eigenvalue weighted by atomic mass is 10.1. The van der Waals surface area contributed by atoms with Gasteiger partial charge in [-0.15, -0.1) is 0 Å². The van der Waals surface area contributed by atoms with Crippen molar-refractivity contribution < 1.29 is 9.53 Å². The van der Waals surface area contributed by atoms with Gasteiger partial charge in [-0.3, -0.25) is 9.69 Å². The molecule has 0 atom stereocenters. The molecule has 0 radical (unpaired) electrons. The SMILES string of the molecule is COc1ccc2c(c1)N(C)C(=C1SC(=Nc3ccc4ccccc4c3)N(c3cccc(C)c3)C1=O)S2. The molecular weight excluding hydrogens is 486 g/mol. The number of carbonyl (C=O) groups is 1. The number of fused-ring (bicyclic) bond motifs is 2. The minimum absolute atomic E-state index is 0.0701. The van der Waals surface area contributed by atoms with E-state index in [-0.39, 0.29) is 5.91 Å². The van der Waals surface area contributed by atoms with E-state index in [2.05, 4.69) is 29.2 Å². The molecular formula is C29H23N3O2S2. The number of benzene rings is 4. The van der Waals surface area contributed by atoms with Crippen LogP contribution in [0.2, 0.25) is 0 Å². The van der Waals surface area contributed by atoms with Gasteiger partial charge in [0.1, 0.15) is 10.7 Å². The summed E-state index contributed by atoms with van der Waals surface area (Å²) in [7, 11) is 3.65. The molecule has 7 heteroatoms. The van der Waals surface area contributed by atoms with Crippen LogP contribution >= 0.6 is 23.5 Å². The molecule has 0 saturated carbocycles. The topological polar surface area (TPSA) is 45.1 Å². The highest BCUT2D eigenvalue weighted by Crippen LogP contribution is 2.51. The van der Waals surface area contributed by atoms with E-state index in [1.54, 1.807) is 23.8 Å². The third kappa shape index (κ3) is 3.94. The molecule has 0 aliphatic carbocycles. The van der Waals surface area contributed by atoms with Crippen LogP contribution in [0.25, 0.3) is 10.8 Å². The quantitative estimate of drug-likeness (QED) is 0.271. The smallest absolute Gasteiger partial charge is 0.274 e. The predicted octanol–water partition coefficient (Wildman–Crippen LogP) is 7.34. The van der Waals surface area contributed by atoms with E-state index in [0.717, 1.165) is 49.1 Å². The zero-order valence-corrected chi connectivity index (χ0v) is 21.7. The van der Waals surface area contributed by atoms with Crippen LogP contribution in [-0.2, 0) is 4.79 Å². The average Bonchev–Trinajstić information content (AvgIpc) is 3.39. The minimum Gasteiger partial charge on any atom is -0.497 e. The van der Waals surface area contributed by atoms with E-state index in [1.165, 1.54) is 11.8 Å². The highest BCUT2D eigenvalue weighted by molar-refractivity contribution is 8.20. The monoisotopic (exact) mass is 509 g/mol. The van der Waals surface area contributed by atoms with Crippen LogP contribution in [0.4, 0.5) is 17.1 Å². The molecule has 0 spiro atoms. The Morgan fingerprint density at radius 3 is 2.50 bits per heavy atom. The Morgan fingerprint density at radius 1 is 0.861 bits per heavy atom. The second-order valence-electron chi connectivity index (χ2n) is 8.64. The van der Waals surface area contributed by atoms with Crippen molar-refractivity contribution in [1.29, 1.82) is 0 Å². The lowest BCUT2D eigenvalue weighted by molar-refractivity contribution is -0.113. The number of aliphatic imine (C=N–C) groups is 1. The molecule has 2 aliphatic heterocycles. The molecule has 5 nitrogen and oxygen atoms in total. The highest BCUT2D eigenvalue weighted by atomic mass is 32.2. The van der Waals surface area contributed by atoms with Crippen molar-refractivity contribution >= 4 is 62.4 Å². The van der Waals surface area contributed by atoms with E-state index >= 15 is 0 Å². The van der Waals surface area contributed by atoms with Gasteiger partial charge in [-0.1, -0.05) is 54.2 Å². The average molecular weight is 510 g/mol. The molecule has 4 aromatic rings. The van der Waals surface area contributed by atoms with Crippen molar-refractivity contribution in [2.75, 3.05) is 24.0 Å². The number of hydrogen-bond donors (Lipinski definition) is 0. The number of aryl methyl sites for hydroxylation is 1. The van der Waals surface area contributed by atoms with Gasteiger partial charge in [0.2, 0.25) is 0 Å². The third-order valence-corrected chi connectivity index (χ3v) is 8.63. The molecule has 2 aliphatic rings. The fraction of sp³-hybridized carbons (Fsp3) is 0.103. The van der Waals surface area contributed by atoms with Crippen molar-refractivity contribution in [2.45, 2.75) is 11.8 Å². The number of amidine groups is 1. The predicted molar refractivity (Wildman–Crippen MR) is 152 cm³/mol. The lowest BCUT2D eigenvalue weighted by Crippen LogP contribution is -2.29. The largest absolute Gasteiger partial charge is 0.497 e. The molecule has 1 amide bonds. The summed E-state index contributed by atoms with van der Waals surface area (Å²) in [5.41, 5.74) is 3.74. The van der Waals surface area contributed by atoms with Crippen LogP contribution in [0.3, 0.4) is 0 Å². The number of thioether (sulfide) groups is 2. The Hall–Kier alpha value is -3.68. The van der Waals surface area contributed by atoms with Crippen molar-refractivity contribution in [2.24, 2.45) is 4.99 Å². The van der Waals surface area contributed by atoms with Gasteiger partial charge >= 0.3 is 0 Å². The molecule has 2 heterocycles. The molecule has 4 aromatic carbocycles. The number of methoxy groups -OCH3 is 1. The van der Waals surface area contributed by atoms with E-state index in [0.29, 0.717) is 10.1 Å². The van der Waals surface area contributed by atoms with Gasteiger partial charge in [-0.2, -0.15) is 0 Å². The summed E-state index contributed by atoms with van der Waals surface area (Å²) in [6.45, 7) is 2.03. The molecule has 1 fully saturated rings. The summed E-state index contributed by atoms with van der Waals surface area (Å²) in [6, 6.07) is 28.3. The first-order valence-electron chi connectivity index (χ1n) is 11.5. The van der Waals surface area contributed by atoms with Crippen LogP contribution in [0, 0.1) is 6.92 Å². The van der Waals surface area contributed by atoms with E-state index in [4.69, 9.17) is 9.73 Å². The van der Waals surface area contributed by atoms with Gasteiger partial charge in [-0.25, -0.2) is 4.99 Å². The van der Waals surface area contributed by atoms with Crippen molar-refractivity contribution in [3.05, 3.63) is 100 Å². The fourth-order valence-electron chi connectivity index (χ4n) is 4.38. The molecule has 36 heavy (non-hydrogen) atoms. The maximum absolute atomic E-state index is 13.9. The summed E-state index contributed by atoms with van der Waals surface area (Å²) in [4.78, 5) is 24.5. The van der Waals surface area contributed by atoms with Gasteiger partial charge < -0.3 is 9.64 Å². The fourth-order valence-corrected chi connectivity index (χ4v) is 6.71. The zero-order valence-electron chi connectivity index (χ0n) is 20.1. The number of carbonyl (C=O) groups excluding carboxylic acids is 1. The van der Waals surface area contributed by atoms with Gasteiger partial charge in [-0.05, 0) is 71.4 Å². The van der Waals surface area contributed by atoms with Crippen molar-refractivity contribution in [3.8, 4) is 5.75 Å². The van der Waals surface area contributed by atoms with Crippen molar-refractivity contribution in [1.82, 2.24) is 0 Å². The number of amides is 1. The lowest BCUT2D eigenvalue weighted by Gasteiger charge is -2.17. The first-order chi connectivity index (χ1) is 17.5. The van der Waals surface area contributed by atoms with E-state index < -0.39 is 0 Å². The first-order valence-corrected chi connectivity index (χ1v) is 13.2. The van der Waals surface area contributed by atoms with Crippen LogP contribution < -0.4 is 14.5 Å². The Morgan fingerprint density at radius 2 is 1.69 bits per heavy atom. The molecule has 0 unspecified atom stereocenters. The minimum atomic E-state index is -0.0701. The highest BCUT2D eigenvalue weighted by Gasteiger charge is 2.40. The van der Waals surface area contributed by atoms with Crippen LogP contribution in [0.1, 0.15) is 5.56 Å². The Labute approximate surface area is 218 Å². The Kier molecular flexibility index (Phi) is 5.74. The van der Waals surface area contributed by atoms with Gasteiger partial charge in [0.05, 0.1) is 29.2 Å². The van der Waals surface area contributed by atoms with Gasteiger partial charge in [0.15, 0.2) is 5.17 Å². The number of nitrogens with zero attached hydrogens (tertiary/aromatic N) is 3. The summed E-state index contributed by atoms with van der Waals surface area (Å²) < 4.78 is 5.42. The second kappa shape index (κ2) is 9.08. The van der Waals surface area contributed by atoms with Crippen LogP contribution in [0.15, 0.2) is 105 Å². The number of anilines is 2. The van der Waals surface area contributed by atoms with Crippen LogP contribution in [-0.4, -0.2) is 25.2 Å². The Balaban J connectivity index is 1.46. The molecule has 178 valence electrons. The van der Waals surface area contributed by atoms with E-state index in [1.807, 2.05) is 74.6 Å². The maximum atomic E-state index is 13.9. The molecule has 1 saturated heterocycles. The summed E-state index contributed by atoms with van der Waals surface area (Å²) in [5.74, 6) is 0.719. The molecule has 0 aromatic heterocycles. The summed E-state index contributed by atoms with van der Waals surface area (Å²) >= 11 is 3.02. The molecule has 0 bridgehead atoms. The summed E-state index contributed by atoms with van der Waals surface area (Å²) in [6.07, 6.45) is 0. The normalized spacial score (nSPS) is 18.4. The second-order valence-corrected chi connectivity index (χ2v) is 10.6. The third-order valence-electron chi connectivity index (χ3n) is 6.23. The number of ether oxygens (including phenoxy) is 1. The van der Waals surface area contributed by atoms with Gasteiger partial charge in [0.25, 0.3) is 5.91 Å². The molecule has 6 rings (SSSR count). The Bertz CT molecular complexity index is 1590. The standard InChI is InChI=1S/C29H23N3O2S2/c1-18-7-6-10-22(15-18)32-27(33)26(28-31(2)24-17-23(34-3)13-14-25(24)35-28)36-29(32)30-21-12-11-19-8-4-5-9-20(19)16-21/h4-17H,1-3H3. The van der Waals surface area contributed by atoms with Crippen molar-refractivity contribution in [3.63, 3.8) is 0 Å². The van der Waals surface area contributed by atoms with E-state index in [9.17, 15) is 4.79 Å².